The van der Waals surface area contributed by atoms with Crippen molar-refractivity contribution in [1.82, 2.24) is 15.5 Å². The van der Waals surface area contributed by atoms with Crippen LogP contribution in [0.1, 0.15) is 26.2 Å². The molecule has 1 rings (SSSR count). The Morgan fingerprint density at radius 3 is 2.33 bits per heavy atom. The molecule has 0 spiro atoms. The van der Waals surface area contributed by atoms with Gasteiger partial charge in [-0.15, -0.1) is 0 Å². The second-order valence-electron chi connectivity index (χ2n) is 6.23. The number of hydrogen-bond donors (Lipinski definition) is 6. The van der Waals surface area contributed by atoms with Crippen molar-refractivity contribution in [2.24, 2.45) is 5.73 Å². The van der Waals surface area contributed by atoms with Gasteiger partial charge in [-0.25, -0.2) is 0 Å². The Morgan fingerprint density at radius 1 is 1.19 bits per heavy atom. The highest BCUT2D eigenvalue weighted by Crippen LogP contribution is 2.19. The highest BCUT2D eigenvalue weighted by molar-refractivity contribution is 5.95. The second kappa shape index (κ2) is 9.83. The summed E-state index contributed by atoms with van der Waals surface area (Å²) in [5.41, 5.74) is 5.56. The van der Waals surface area contributed by atoms with Gasteiger partial charge in [0.05, 0.1) is 18.6 Å². The summed E-state index contributed by atoms with van der Waals surface area (Å²) in [5.74, 6) is -4.85. The minimum atomic E-state index is -1.41. The molecule has 0 aromatic carbocycles. The number of likely N-dealkylation sites (tertiary alicyclic amines) is 1. The minimum absolute atomic E-state index is 0.203. The van der Waals surface area contributed by atoms with Gasteiger partial charge in [0, 0.05) is 6.54 Å². The fourth-order valence-electron chi connectivity index (χ4n) is 2.72. The largest absolute Gasteiger partial charge is 0.481 e. The van der Waals surface area contributed by atoms with Gasteiger partial charge in [-0.1, -0.05) is 0 Å². The summed E-state index contributed by atoms with van der Waals surface area (Å²) >= 11 is 0. The molecule has 7 N–H and O–H groups in total. The van der Waals surface area contributed by atoms with Gasteiger partial charge >= 0.3 is 11.9 Å². The number of nitrogens with one attached hydrogen (secondary N) is 2. The van der Waals surface area contributed by atoms with Crippen LogP contribution in [0, 0.1) is 0 Å². The van der Waals surface area contributed by atoms with E-state index in [1.54, 1.807) is 0 Å². The predicted octanol–water partition coefficient (Wildman–Crippen LogP) is -3.15. The number of aliphatic carboxylic acids is 2. The number of amides is 3. The van der Waals surface area contributed by atoms with Gasteiger partial charge < -0.3 is 36.6 Å². The molecule has 0 aromatic heterocycles. The summed E-state index contributed by atoms with van der Waals surface area (Å²) in [5, 5.41) is 31.4. The Bertz CT molecular complexity index is 609. The molecule has 1 fully saturated rings. The first-order valence-electron chi connectivity index (χ1n) is 8.30. The van der Waals surface area contributed by atoms with Crippen molar-refractivity contribution in [3.8, 4) is 0 Å². The summed E-state index contributed by atoms with van der Waals surface area (Å²) < 4.78 is 0. The summed E-state index contributed by atoms with van der Waals surface area (Å²) in [7, 11) is 0. The maximum absolute atomic E-state index is 12.5. The van der Waals surface area contributed by atoms with E-state index in [9.17, 15) is 29.1 Å². The molecule has 152 valence electrons. The highest BCUT2D eigenvalue weighted by atomic mass is 16.4. The molecule has 3 amide bonds. The Kier molecular flexibility index (Phi) is 8.12. The van der Waals surface area contributed by atoms with Crippen LogP contribution in [0.5, 0.6) is 0 Å². The van der Waals surface area contributed by atoms with Gasteiger partial charge in [0.2, 0.25) is 17.7 Å². The molecule has 12 nitrogen and oxygen atoms in total. The van der Waals surface area contributed by atoms with Crippen molar-refractivity contribution in [1.29, 1.82) is 0 Å². The van der Waals surface area contributed by atoms with Crippen molar-refractivity contribution < 1.29 is 39.3 Å². The van der Waals surface area contributed by atoms with E-state index < -0.39 is 66.9 Å². The first kappa shape index (κ1) is 22.3. The molecule has 0 bridgehead atoms. The van der Waals surface area contributed by atoms with E-state index in [0.717, 1.165) is 4.90 Å². The highest BCUT2D eigenvalue weighted by Gasteiger charge is 2.38. The molecule has 4 unspecified atom stereocenters. The van der Waals surface area contributed by atoms with Crippen LogP contribution in [-0.4, -0.2) is 87.2 Å². The zero-order chi connectivity index (χ0) is 20.7. The van der Waals surface area contributed by atoms with Crippen LogP contribution in [0.25, 0.3) is 0 Å². The third-order valence-corrected chi connectivity index (χ3v) is 4.03. The van der Waals surface area contributed by atoms with Crippen molar-refractivity contribution in [3.63, 3.8) is 0 Å². The molecule has 4 atom stereocenters. The van der Waals surface area contributed by atoms with E-state index in [1.165, 1.54) is 6.92 Å². The number of aliphatic hydroxyl groups excluding tert-OH is 1. The molecule has 12 heteroatoms. The Balaban J connectivity index is 2.79. The van der Waals surface area contributed by atoms with Crippen LogP contribution in [0.4, 0.5) is 0 Å². The Labute approximate surface area is 154 Å². The van der Waals surface area contributed by atoms with Gasteiger partial charge in [-0.05, 0) is 19.8 Å². The molecular formula is C15H24N4O8. The maximum Gasteiger partial charge on any atom is 0.322 e. The van der Waals surface area contributed by atoms with Crippen molar-refractivity contribution in [2.75, 3.05) is 13.1 Å². The topological polar surface area (TPSA) is 199 Å². The number of hydrogen-bond acceptors (Lipinski definition) is 7. The molecule has 0 aromatic rings. The van der Waals surface area contributed by atoms with Gasteiger partial charge in [-0.3, -0.25) is 24.0 Å². The smallest absolute Gasteiger partial charge is 0.322 e. The Morgan fingerprint density at radius 2 is 1.81 bits per heavy atom. The van der Waals surface area contributed by atoms with Gasteiger partial charge in [0.15, 0.2) is 0 Å². The van der Waals surface area contributed by atoms with E-state index in [-0.39, 0.29) is 13.0 Å². The lowest BCUT2D eigenvalue weighted by Crippen LogP contribution is -2.58. The molecule has 0 aliphatic carbocycles. The van der Waals surface area contributed by atoms with Crippen LogP contribution in [0.15, 0.2) is 0 Å². The molecule has 1 heterocycles. The number of aliphatic hydroxyl groups is 1. The SMILES string of the molecule is CC(O)C(NC(=O)C1CCCN1C(=O)C(N)CC(=O)O)C(=O)NCC(=O)O. The standard InChI is InChI=1S/C15H24N4O8/c1-7(20)12(14(26)17-6-11(23)24)18-13(25)9-3-2-4-19(9)15(27)8(16)5-10(21)22/h7-9,12,20H,2-6,16H2,1H3,(H,17,26)(H,18,25)(H,21,22)(H,23,24). The first-order chi connectivity index (χ1) is 12.5. The van der Waals surface area contributed by atoms with Crippen molar-refractivity contribution in [2.45, 2.75) is 50.4 Å². The summed E-state index contributed by atoms with van der Waals surface area (Å²) in [6.45, 7) is 0.760. The van der Waals surface area contributed by atoms with E-state index >= 15 is 0 Å². The quantitative estimate of drug-likeness (QED) is 0.236. The third kappa shape index (κ3) is 6.49. The summed E-state index contributed by atoms with van der Waals surface area (Å²) in [6.07, 6.45) is -1.14. The van der Waals surface area contributed by atoms with Crippen LogP contribution >= 0.6 is 0 Å². The monoisotopic (exact) mass is 388 g/mol. The number of nitrogens with two attached hydrogens (primary N) is 1. The number of carboxylic acids is 2. The summed E-state index contributed by atoms with van der Waals surface area (Å²) in [4.78, 5) is 59.1. The van der Waals surface area contributed by atoms with Crippen LogP contribution < -0.4 is 16.4 Å². The van der Waals surface area contributed by atoms with E-state index in [0.29, 0.717) is 6.42 Å². The van der Waals surface area contributed by atoms with E-state index in [4.69, 9.17) is 15.9 Å². The molecular weight excluding hydrogens is 364 g/mol. The second-order valence-corrected chi connectivity index (χ2v) is 6.23. The molecule has 0 radical (unpaired) electrons. The average Bonchev–Trinajstić information content (AvgIpc) is 3.05. The lowest BCUT2D eigenvalue weighted by Gasteiger charge is -2.28. The maximum atomic E-state index is 12.5. The lowest BCUT2D eigenvalue weighted by molar-refractivity contribution is -0.144. The molecule has 0 saturated carbocycles. The van der Waals surface area contributed by atoms with Gasteiger partial charge in [0.25, 0.3) is 0 Å². The van der Waals surface area contributed by atoms with Crippen molar-refractivity contribution >= 4 is 29.7 Å². The molecule has 27 heavy (non-hydrogen) atoms. The van der Waals surface area contributed by atoms with Crippen LogP contribution in [0.2, 0.25) is 0 Å². The minimum Gasteiger partial charge on any atom is -0.481 e. The number of carbonyl (C=O) groups is 5. The number of carboxylic acid groups (broad SMARTS) is 2. The first-order valence-corrected chi connectivity index (χ1v) is 8.30. The normalized spacial score (nSPS) is 19.7. The summed E-state index contributed by atoms with van der Waals surface area (Å²) in [6, 6.07) is -3.68. The molecule has 1 aliphatic rings. The van der Waals surface area contributed by atoms with Crippen LogP contribution in [-0.2, 0) is 24.0 Å². The van der Waals surface area contributed by atoms with E-state index in [2.05, 4.69) is 10.6 Å². The van der Waals surface area contributed by atoms with Crippen LogP contribution in [0.3, 0.4) is 0 Å². The van der Waals surface area contributed by atoms with E-state index in [1.807, 2.05) is 0 Å². The lowest BCUT2D eigenvalue weighted by atomic mass is 10.1. The molecule has 1 aliphatic heterocycles. The zero-order valence-corrected chi connectivity index (χ0v) is 14.8. The number of carbonyl (C=O) groups excluding carboxylic acids is 3. The number of rotatable bonds is 9. The molecule has 1 saturated heterocycles. The number of nitrogens with zero attached hydrogens (tertiary/aromatic N) is 1. The van der Waals surface area contributed by atoms with Gasteiger partial charge in [-0.2, -0.15) is 0 Å². The fraction of sp³-hybridized carbons (Fsp3) is 0.667. The third-order valence-electron chi connectivity index (χ3n) is 4.03. The average molecular weight is 388 g/mol. The fourth-order valence-corrected chi connectivity index (χ4v) is 2.72. The zero-order valence-electron chi connectivity index (χ0n) is 14.8. The Hall–Kier alpha value is -2.73. The predicted molar refractivity (Wildman–Crippen MR) is 89.2 cm³/mol. The van der Waals surface area contributed by atoms with Crippen molar-refractivity contribution in [3.05, 3.63) is 0 Å². The van der Waals surface area contributed by atoms with Gasteiger partial charge in [0.1, 0.15) is 18.6 Å².